The van der Waals surface area contributed by atoms with Gasteiger partial charge in [-0.2, -0.15) is 5.10 Å². The fourth-order valence-electron chi connectivity index (χ4n) is 4.23. The van der Waals surface area contributed by atoms with E-state index in [1.807, 2.05) is 12.1 Å². The van der Waals surface area contributed by atoms with Crippen LogP contribution in [-0.4, -0.2) is 49.8 Å². The second kappa shape index (κ2) is 8.84. The largest absolute Gasteiger partial charge is 0.352 e. The predicted octanol–water partition coefficient (Wildman–Crippen LogP) is 3.81. The smallest absolute Gasteiger partial charge is 0.209 e. The second-order valence-corrected chi connectivity index (χ2v) is 10.4. The van der Waals surface area contributed by atoms with Gasteiger partial charge in [-0.1, -0.05) is 0 Å². The standard InChI is InChI=1S/C25H19FN8O2S/c1-37(35,36)31-9-14-4-15(6-17(26)5-14)20-11-28-13-23-18(20)8-21(32-23)24-19-7-16(10-30-25(19)34-33-24)22-12-27-2-3-29-22/h2-8,10-13,31-32H,9H2,1H3,(H,30,33,34). The molecule has 0 amide bonds. The van der Waals surface area contributed by atoms with E-state index in [9.17, 15) is 12.8 Å². The van der Waals surface area contributed by atoms with Crippen molar-refractivity contribution >= 4 is 32.0 Å². The van der Waals surface area contributed by atoms with Gasteiger partial charge in [0.2, 0.25) is 10.0 Å². The molecular formula is C25H19FN8O2S. The van der Waals surface area contributed by atoms with Crippen LogP contribution in [0.5, 0.6) is 0 Å². The third-order valence-electron chi connectivity index (χ3n) is 5.89. The number of rotatable bonds is 6. The molecule has 3 N–H and O–H groups in total. The van der Waals surface area contributed by atoms with Gasteiger partial charge < -0.3 is 4.98 Å². The fourth-order valence-corrected chi connectivity index (χ4v) is 4.66. The van der Waals surface area contributed by atoms with Crippen LogP contribution in [0.4, 0.5) is 4.39 Å². The molecule has 5 heterocycles. The molecule has 37 heavy (non-hydrogen) atoms. The fraction of sp³-hybridized carbons (Fsp3) is 0.0800. The summed E-state index contributed by atoms with van der Waals surface area (Å²) in [4.78, 5) is 20.6. The van der Waals surface area contributed by atoms with E-state index >= 15 is 0 Å². The van der Waals surface area contributed by atoms with Gasteiger partial charge in [0.05, 0.1) is 41.2 Å². The van der Waals surface area contributed by atoms with E-state index in [0.29, 0.717) is 28.0 Å². The zero-order valence-electron chi connectivity index (χ0n) is 19.4. The highest BCUT2D eigenvalue weighted by atomic mass is 32.2. The van der Waals surface area contributed by atoms with E-state index in [-0.39, 0.29) is 6.54 Å². The molecule has 0 aliphatic rings. The first kappa shape index (κ1) is 22.9. The highest BCUT2D eigenvalue weighted by Crippen LogP contribution is 2.34. The van der Waals surface area contributed by atoms with E-state index in [1.165, 1.54) is 12.1 Å². The quantitative estimate of drug-likeness (QED) is 0.307. The van der Waals surface area contributed by atoms with E-state index in [2.05, 4.69) is 39.8 Å². The predicted molar refractivity (Wildman–Crippen MR) is 137 cm³/mol. The number of nitrogens with zero attached hydrogens (tertiary/aromatic N) is 5. The second-order valence-electron chi connectivity index (χ2n) is 8.56. The van der Waals surface area contributed by atoms with Crippen molar-refractivity contribution in [1.82, 2.24) is 39.8 Å². The number of pyridine rings is 2. The van der Waals surface area contributed by atoms with Gasteiger partial charge in [0.1, 0.15) is 5.82 Å². The van der Waals surface area contributed by atoms with Gasteiger partial charge >= 0.3 is 0 Å². The normalized spacial score (nSPS) is 11.9. The lowest BCUT2D eigenvalue weighted by atomic mass is 10.0. The summed E-state index contributed by atoms with van der Waals surface area (Å²) >= 11 is 0. The number of benzene rings is 1. The Bertz CT molecular complexity index is 1880. The molecular weight excluding hydrogens is 495 g/mol. The van der Waals surface area contributed by atoms with Gasteiger partial charge in [-0.25, -0.2) is 22.5 Å². The van der Waals surface area contributed by atoms with Crippen molar-refractivity contribution in [3.8, 4) is 33.8 Å². The maximum atomic E-state index is 14.5. The molecule has 0 fully saturated rings. The highest BCUT2D eigenvalue weighted by molar-refractivity contribution is 7.88. The van der Waals surface area contributed by atoms with Gasteiger partial charge in [-0.15, -0.1) is 0 Å². The molecule has 0 aliphatic carbocycles. The summed E-state index contributed by atoms with van der Waals surface area (Å²) in [6, 6.07) is 8.33. The molecule has 0 radical (unpaired) electrons. The average Bonchev–Trinajstić information content (AvgIpc) is 3.51. The summed E-state index contributed by atoms with van der Waals surface area (Å²) in [5.41, 5.74) is 6.04. The van der Waals surface area contributed by atoms with Crippen molar-refractivity contribution in [2.24, 2.45) is 0 Å². The molecule has 0 saturated carbocycles. The molecule has 0 saturated heterocycles. The Labute approximate surface area is 210 Å². The van der Waals surface area contributed by atoms with E-state index in [1.54, 1.807) is 43.2 Å². The molecule has 1 aromatic carbocycles. The van der Waals surface area contributed by atoms with Crippen LogP contribution in [-0.2, 0) is 16.6 Å². The molecule has 5 aromatic heterocycles. The van der Waals surface area contributed by atoms with Crippen molar-refractivity contribution in [3.63, 3.8) is 0 Å². The van der Waals surface area contributed by atoms with E-state index in [0.717, 1.165) is 39.5 Å². The van der Waals surface area contributed by atoms with Crippen LogP contribution in [0.15, 0.2) is 67.5 Å². The van der Waals surface area contributed by atoms with Crippen LogP contribution >= 0.6 is 0 Å². The first-order chi connectivity index (χ1) is 17.8. The van der Waals surface area contributed by atoms with Crippen LogP contribution < -0.4 is 4.72 Å². The summed E-state index contributed by atoms with van der Waals surface area (Å²) in [5.74, 6) is -0.474. The van der Waals surface area contributed by atoms with Crippen LogP contribution in [0, 0.1) is 5.82 Å². The Hall–Kier alpha value is -4.55. The SMILES string of the molecule is CS(=O)(=O)NCc1cc(F)cc(-c2cncc3[nH]c(-c4[nH]nc5ncc(-c6cnccn6)cc45)cc23)c1. The highest BCUT2D eigenvalue weighted by Gasteiger charge is 2.16. The number of H-pyrrole nitrogens is 2. The molecule has 6 rings (SSSR count). The van der Waals surface area contributed by atoms with Crippen molar-refractivity contribution in [1.29, 1.82) is 0 Å². The Balaban J connectivity index is 1.44. The molecule has 0 unspecified atom stereocenters. The minimum Gasteiger partial charge on any atom is -0.352 e. The van der Waals surface area contributed by atoms with Crippen molar-refractivity contribution in [2.75, 3.05) is 6.26 Å². The maximum absolute atomic E-state index is 14.5. The van der Waals surface area contributed by atoms with Gasteiger partial charge in [-0.3, -0.25) is 20.1 Å². The summed E-state index contributed by atoms with van der Waals surface area (Å²) in [6.07, 6.45) is 11.0. The number of sulfonamides is 1. The summed E-state index contributed by atoms with van der Waals surface area (Å²) in [5, 5.41) is 9.00. The first-order valence-corrected chi connectivity index (χ1v) is 13.1. The molecule has 0 bridgehead atoms. The summed E-state index contributed by atoms with van der Waals surface area (Å²) in [7, 11) is -3.42. The molecule has 6 aromatic rings. The third-order valence-corrected chi connectivity index (χ3v) is 6.56. The minimum absolute atomic E-state index is 0.0212. The zero-order chi connectivity index (χ0) is 25.6. The molecule has 184 valence electrons. The van der Waals surface area contributed by atoms with Crippen LogP contribution in [0.3, 0.4) is 0 Å². The first-order valence-electron chi connectivity index (χ1n) is 11.2. The van der Waals surface area contributed by atoms with Gasteiger partial charge in [0.25, 0.3) is 0 Å². The molecule has 12 heteroatoms. The van der Waals surface area contributed by atoms with Gasteiger partial charge in [0, 0.05) is 53.2 Å². The molecule has 10 nitrogen and oxygen atoms in total. The van der Waals surface area contributed by atoms with Crippen LogP contribution in [0.2, 0.25) is 0 Å². The third kappa shape index (κ3) is 4.55. The number of hydrogen-bond acceptors (Lipinski definition) is 7. The van der Waals surface area contributed by atoms with Crippen molar-refractivity contribution in [2.45, 2.75) is 6.54 Å². The van der Waals surface area contributed by atoms with Crippen molar-refractivity contribution in [3.05, 3.63) is 78.9 Å². The summed E-state index contributed by atoms with van der Waals surface area (Å²) < 4.78 is 39.9. The molecule has 0 aliphatic heterocycles. The topological polar surface area (TPSA) is 142 Å². The number of aromatic amines is 2. The number of nitrogens with one attached hydrogen (secondary N) is 3. The summed E-state index contributed by atoms with van der Waals surface area (Å²) in [6.45, 7) is -0.0212. The van der Waals surface area contributed by atoms with Crippen LogP contribution in [0.25, 0.3) is 55.7 Å². The number of halogens is 1. The Kier molecular flexibility index (Phi) is 5.46. The number of hydrogen-bond donors (Lipinski definition) is 3. The van der Waals surface area contributed by atoms with E-state index in [4.69, 9.17) is 0 Å². The van der Waals surface area contributed by atoms with Gasteiger partial charge in [-0.05, 0) is 41.5 Å². The average molecular weight is 515 g/mol. The molecule has 0 spiro atoms. The maximum Gasteiger partial charge on any atom is 0.209 e. The Morgan fingerprint density at radius 3 is 2.62 bits per heavy atom. The Morgan fingerprint density at radius 2 is 1.81 bits per heavy atom. The monoisotopic (exact) mass is 514 g/mol. The zero-order valence-corrected chi connectivity index (χ0v) is 20.2. The number of fused-ring (bicyclic) bond motifs is 2. The minimum atomic E-state index is -3.42. The van der Waals surface area contributed by atoms with Crippen molar-refractivity contribution < 1.29 is 12.8 Å². The van der Waals surface area contributed by atoms with Gasteiger partial charge in [0.15, 0.2) is 5.65 Å². The lowest BCUT2D eigenvalue weighted by Crippen LogP contribution is -2.21. The Morgan fingerprint density at radius 1 is 0.919 bits per heavy atom. The number of aromatic nitrogens is 7. The van der Waals surface area contributed by atoms with E-state index < -0.39 is 15.8 Å². The van der Waals surface area contributed by atoms with Crippen LogP contribution in [0.1, 0.15) is 5.56 Å². The molecule has 0 atom stereocenters. The lowest BCUT2D eigenvalue weighted by molar-refractivity contribution is 0.586. The lowest BCUT2D eigenvalue weighted by Gasteiger charge is -2.08.